The molecule has 2 aliphatic heterocycles. The molecule has 1 aromatic rings. The van der Waals surface area contributed by atoms with Crippen LogP contribution in [0.2, 0.25) is 0 Å². The van der Waals surface area contributed by atoms with E-state index in [1.807, 2.05) is 0 Å². The molecule has 2 fully saturated rings. The molecular formula is C12H19N5O. The second kappa shape index (κ2) is 4.79. The van der Waals surface area contributed by atoms with Gasteiger partial charge in [0.25, 0.3) is 0 Å². The van der Waals surface area contributed by atoms with E-state index >= 15 is 0 Å². The van der Waals surface area contributed by atoms with Gasteiger partial charge < -0.3 is 10.5 Å². The summed E-state index contributed by atoms with van der Waals surface area (Å²) in [5.41, 5.74) is 3.43. The van der Waals surface area contributed by atoms with Gasteiger partial charge in [-0.05, 0) is 25.7 Å². The van der Waals surface area contributed by atoms with E-state index in [0.29, 0.717) is 17.9 Å². The van der Waals surface area contributed by atoms with Gasteiger partial charge in [0.15, 0.2) is 5.82 Å². The molecule has 4 N–H and O–H groups in total. The van der Waals surface area contributed by atoms with Crippen LogP contribution in [0.4, 0.5) is 5.82 Å². The number of nitrogens with zero attached hydrogens (tertiary/aromatic N) is 3. The van der Waals surface area contributed by atoms with E-state index in [4.69, 9.17) is 5.84 Å². The normalized spacial score (nSPS) is 31.6. The largest absolute Gasteiger partial charge is 0.393 e. The lowest BCUT2D eigenvalue weighted by molar-refractivity contribution is 0.0303. The number of nitrogens with one attached hydrogen (secondary N) is 1. The number of nitrogens with two attached hydrogens (primary N) is 1. The highest BCUT2D eigenvalue weighted by Gasteiger charge is 2.40. The first-order valence-electron chi connectivity index (χ1n) is 6.47. The van der Waals surface area contributed by atoms with Crippen molar-refractivity contribution in [2.24, 2.45) is 5.84 Å². The third kappa shape index (κ3) is 2.19. The summed E-state index contributed by atoms with van der Waals surface area (Å²) in [5.74, 6) is 5.84. The maximum absolute atomic E-state index is 9.77. The first-order valence-corrected chi connectivity index (χ1v) is 6.47. The lowest BCUT2D eigenvalue weighted by Crippen LogP contribution is -2.44. The average molecular weight is 249 g/mol. The highest BCUT2D eigenvalue weighted by Crippen LogP contribution is 2.36. The van der Waals surface area contributed by atoms with Crippen molar-refractivity contribution in [2.75, 3.05) is 5.43 Å². The van der Waals surface area contributed by atoms with E-state index in [9.17, 15) is 5.11 Å². The number of hydrazine groups is 1. The van der Waals surface area contributed by atoms with Crippen LogP contribution in [-0.2, 0) is 6.54 Å². The Balaban J connectivity index is 1.69. The van der Waals surface area contributed by atoms with Gasteiger partial charge >= 0.3 is 0 Å². The molecule has 2 unspecified atom stereocenters. The summed E-state index contributed by atoms with van der Waals surface area (Å²) in [5, 5.41) is 9.77. The number of rotatable bonds is 3. The van der Waals surface area contributed by atoms with E-state index in [0.717, 1.165) is 25.1 Å². The Hall–Kier alpha value is -1.24. The highest BCUT2D eigenvalue weighted by molar-refractivity contribution is 5.28. The molecule has 3 rings (SSSR count). The summed E-state index contributed by atoms with van der Waals surface area (Å²) in [4.78, 5) is 11.0. The van der Waals surface area contributed by atoms with Crippen molar-refractivity contribution < 1.29 is 5.11 Å². The lowest BCUT2D eigenvalue weighted by Gasteiger charge is -2.36. The lowest BCUT2D eigenvalue weighted by atomic mass is 10.00. The summed E-state index contributed by atoms with van der Waals surface area (Å²) in [6, 6.07) is 1.01. The molecule has 1 aromatic heterocycles. The summed E-state index contributed by atoms with van der Waals surface area (Å²) in [7, 11) is 0. The van der Waals surface area contributed by atoms with E-state index in [-0.39, 0.29) is 6.10 Å². The number of hydrogen-bond acceptors (Lipinski definition) is 6. The number of fused-ring (bicyclic) bond motifs is 2. The molecule has 0 amide bonds. The zero-order chi connectivity index (χ0) is 12.5. The van der Waals surface area contributed by atoms with Crippen molar-refractivity contribution in [2.45, 2.75) is 50.4 Å². The monoisotopic (exact) mass is 249 g/mol. The molecule has 0 aliphatic carbocycles. The van der Waals surface area contributed by atoms with Gasteiger partial charge in [-0.2, -0.15) is 0 Å². The fourth-order valence-corrected chi connectivity index (χ4v) is 3.20. The third-order valence-electron chi connectivity index (χ3n) is 4.06. The van der Waals surface area contributed by atoms with Crippen LogP contribution >= 0.6 is 0 Å². The first kappa shape index (κ1) is 11.8. The van der Waals surface area contributed by atoms with Crippen molar-refractivity contribution in [3.05, 3.63) is 18.1 Å². The first-order chi connectivity index (χ1) is 8.76. The predicted octanol–water partition coefficient (Wildman–Crippen LogP) is 0.250. The maximum atomic E-state index is 9.77. The molecule has 18 heavy (non-hydrogen) atoms. The molecule has 2 saturated heterocycles. The van der Waals surface area contributed by atoms with E-state index in [1.54, 1.807) is 12.4 Å². The Morgan fingerprint density at radius 3 is 2.56 bits per heavy atom. The number of anilines is 1. The van der Waals surface area contributed by atoms with Crippen molar-refractivity contribution >= 4 is 5.82 Å². The number of piperidine rings is 1. The van der Waals surface area contributed by atoms with Crippen molar-refractivity contribution in [1.29, 1.82) is 0 Å². The van der Waals surface area contributed by atoms with Crippen LogP contribution in [0, 0.1) is 0 Å². The highest BCUT2D eigenvalue weighted by atomic mass is 16.3. The molecule has 2 aliphatic rings. The number of aromatic nitrogens is 2. The smallest absolute Gasteiger partial charge is 0.158 e. The number of hydrogen-bond donors (Lipinski definition) is 3. The molecule has 3 heterocycles. The van der Waals surface area contributed by atoms with Gasteiger partial charge in [0.05, 0.1) is 24.2 Å². The van der Waals surface area contributed by atoms with Gasteiger partial charge in [-0.25, -0.2) is 10.8 Å². The molecule has 2 bridgehead atoms. The Morgan fingerprint density at radius 2 is 2.00 bits per heavy atom. The average Bonchev–Trinajstić information content (AvgIpc) is 2.62. The van der Waals surface area contributed by atoms with Crippen LogP contribution in [0.15, 0.2) is 12.4 Å². The zero-order valence-electron chi connectivity index (χ0n) is 10.3. The summed E-state index contributed by atoms with van der Waals surface area (Å²) < 4.78 is 0. The molecular weight excluding hydrogens is 230 g/mol. The molecule has 0 spiro atoms. The van der Waals surface area contributed by atoms with Crippen LogP contribution < -0.4 is 11.3 Å². The second-order valence-corrected chi connectivity index (χ2v) is 5.22. The fourth-order valence-electron chi connectivity index (χ4n) is 3.20. The quantitative estimate of drug-likeness (QED) is 0.526. The fraction of sp³-hybridized carbons (Fsp3) is 0.667. The maximum Gasteiger partial charge on any atom is 0.158 e. The van der Waals surface area contributed by atoms with Crippen LogP contribution in [0.1, 0.15) is 31.4 Å². The Kier molecular flexibility index (Phi) is 3.15. The van der Waals surface area contributed by atoms with Crippen LogP contribution in [0.3, 0.4) is 0 Å². The summed E-state index contributed by atoms with van der Waals surface area (Å²) >= 11 is 0. The minimum absolute atomic E-state index is 0.117. The van der Waals surface area contributed by atoms with Gasteiger partial charge in [-0.1, -0.05) is 0 Å². The van der Waals surface area contributed by atoms with Gasteiger partial charge in [-0.15, -0.1) is 0 Å². The van der Waals surface area contributed by atoms with Gasteiger partial charge in [0.2, 0.25) is 0 Å². The van der Waals surface area contributed by atoms with Crippen molar-refractivity contribution in [3.8, 4) is 0 Å². The second-order valence-electron chi connectivity index (χ2n) is 5.22. The standard InChI is InChI=1S/C12H19N5O/c13-16-12-6-14-8(5-15-12)7-17-9-1-2-10(17)4-11(18)3-9/h5-6,9-11,18H,1-4,7,13H2,(H,15,16). The van der Waals surface area contributed by atoms with E-state index in [2.05, 4.69) is 20.3 Å². The third-order valence-corrected chi connectivity index (χ3v) is 4.06. The SMILES string of the molecule is NNc1cnc(CN2C3CCC2CC(O)C3)cn1. The van der Waals surface area contributed by atoms with Crippen LogP contribution in [-0.4, -0.2) is 38.2 Å². The molecule has 0 radical (unpaired) electrons. The van der Waals surface area contributed by atoms with Gasteiger partial charge in [0, 0.05) is 18.6 Å². The minimum atomic E-state index is -0.117. The summed E-state index contributed by atoms with van der Waals surface area (Å²) in [6.07, 6.45) is 7.47. The predicted molar refractivity (Wildman–Crippen MR) is 67.4 cm³/mol. The molecule has 0 aromatic carbocycles. The number of nitrogen functional groups attached to an aromatic ring is 1. The Bertz CT molecular complexity index is 395. The molecule has 6 nitrogen and oxygen atoms in total. The Labute approximate surface area is 106 Å². The van der Waals surface area contributed by atoms with E-state index < -0.39 is 0 Å². The molecule has 98 valence electrons. The Morgan fingerprint density at radius 1 is 1.28 bits per heavy atom. The topological polar surface area (TPSA) is 87.3 Å². The molecule has 2 atom stereocenters. The van der Waals surface area contributed by atoms with Crippen molar-refractivity contribution in [1.82, 2.24) is 14.9 Å². The van der Waals surface area contributed by atoms with E-state index in [1.165, 1.54) is 12.8 Å². The summed E-state index contributed by atoms with van der Waals surface area (Å²) in [6.45, 7) is 0.819. The van der Waals surface area contributed by atoms with Gasteiger partial charge in [0.1, 0.15) is 0 Å². The van der Waals surface area contributed by atoms with Crippen molar-refractivity contribution in [3.63, 3.8) is 0 Å². The molecule has 0 saturated carbocycles. The van der Waals surface area contributed by atoms with Gasteiger partial charge in [-0.3, -0.25) is 9.88 Å². The number of aliphatic hydroxyl groups is 1. The number of aliphatic hydroxyl groups excluding tert-OH is 1. The van der Waals surface area contributed by atoms with Crippen LogP contribution in [0.25, 0.3) is 0 Å². The molecule has 6 heteroatoms. The zero-order valence-corrected chi connectivity index (χ0v) is 10.3. The van der Waals surface area contributed by atoms with Crippen LogP contribution in [0.5, 0.6) is 0 Å². The minimum Gasteiger partial charge on any atom is -0.393 e.